The lowest BCUT2D eigenvalue weighted by molar-refractivity contribution is 0.0924. The standard InChI is InChI=1S/C21H22N4O3/c1-12-6-11-17(19(26)22-12)20(27)23-14-9-7-13(8-10-14)18-15-4-2-3-5-16(15)21(28)25-24-18/h2-6,11,13-14H,7-10H2,1H3,(H,22,26)(H,23,27)(H,25,28). The molecule has 2 heterocycles. The van der Waals surface area contributed by atoms with Crippen molar-refractivity contribution < 1.29 is 4.79 Å². The number of carbonyl (C=O) groups is 1. The topological polar surface area (TPSA) is 108 Å². The quantitative estimate of drug-likeness (QED) is 0.650. The Morgan fingerprint density at radius 1 is 1.00 bits per heavy atom. The van der Waals surface area contributed by atoms with Crippen molar-refractivity contribution in [1.82, 2.24) is 20.5 Å². The van der Waals surface area contributed by atoms with Crippen LogP contribution >= 0.6 is 0 Å². The minimum Gasteiger partial charge on any atom is -0.349 e. The summed E-state index contributed by atoms with van der Waals surface area (Å²) in [6, 6.07) is 10.8. The molecular weight excluding hydrogens is 356 g/mol. The largest absolute Gasteiger partial charge is 0.349 e. The Hall–Kier alpha value is -3.22. The van der Waals surface area contributed by atoms with Crippen LogP contribution < -0.4 is 16.4 Å². The van der Waals surface area contributed by atoms with Crippen LogP contribution in [0.5, 0.6) is 0 Å². The van der Waals surface area contributed by atoms with E-state index < -0.39 is 0 Å². The molecule has 0 saturated heterocycles. The Kier molecular flexibility index (Phi) is 4.81. The van der Waals surface area contributed by atoms with Crippen LogP contribution in [0.4, 0.5) is 0 Å². The molecule has 7 heteroatoms. The summed E-state index contributed by atoms with van der Waals surface area (Å²) in [6.45, 7) is 1.78. The van der Waals surface area contributed by atoms with Gasteiger partial charge in [0, 0.05) is 23.0 Å². The van der Waals surface area contributed by atoms with Crippen LogP contribution in [0.3, 0.4) is 0 Å². The first kappa shape index (κ1) is 18.2. The van der Waals surface area contributed by atoms with E-state index in [-0.39, 0.29) is 34.5 Å². The highest BCUT2D eigenvalue weighted by Gasteiger charge is 2.26. The number of aromatic nitrogens is 3. The third-order valence-electron chi connectivity index (χ3n) is 5.47. The number of nitrogens with zero attached hydrogens (tertiary/aromatic N) is 1. The molecule has 3 N–H and O–H groups in total. The van der Waals surface area contributed by atoms with E-state index in [4.69, 9.17) is 0 Å². The van der Waals surface area contributed by atoms with Crippen LogP contribution in [-0.4, -0.2) is 27.1 Å². The lowest BCUT2D eigenvalue weighted by Crippen LogP contribution is -2.39. The molecule has 1 aromatic carbocycles. The van der Waals surface area contributed by atoms with Crippen molar-refractivity contribution in [3.63, 3.8) is 0 Å². The first-order valence-electron chi connectivity index (χ1n) is 9.51. The maximum Gasteiger partial charge on any atom is 0.272 e. The van der Waals surface area contributed by atoms with Crippen LogP contribution in [0.2, 0.25) is 0 Å². The highest BCUT2D eigenvalue weighted by atomic mass is 16.2. The third-order valence-corrected chi connectivity index (χ3v) is 5.47. The Balaban J connectivity index is 1.45. The summed E-state index contributed by atoms with van der Waals surface area (Å²) in [5.41, 5.74) is 1.23. The molecule has 0 spiro atoms. The summed E-state index contributed by atoms with van der Waals surface area (Å²) in [7, 11) is 0. The molecule has 7 nitrogen and oxygen atoms in total. The lowest BCUT2D eigenvalue weighted by Gasteiger charge is -2.29. The molecule has 4 rings (SSSR count). The number of aryl methyl sites for hydroxylation is 1. The number of amides is 1. The van der Waals surface area contributed by atoms with Gasteiger partial charge in [0.2, 0.25) is 0 Å². The van der Waals surface area contributed by atoms with Crippen molar-refractivity contribution in [2.24, 2.45) is 0 Å². The van der Waals surface area contributed by atoms with E-state index in [1.165, 1.54) is 0 Å². The van der Waals surface area contributed by atoms with Crippen LogP contribution in [0.15, 0.2) is 46.0 Å². The second kappa shape index (κ2) is 7.42. The van der Waals surface area contributed by atoms with Gasteiger partial charge in [0.1, 0.15) is 5.56 Å². The zero-order valence-electron chi connectivity index (χ0n) is 15.6. The predicted molar refractivity (Wildman–Crippen MR) is 107 cm³/mol. The van der Waals surface area contributed by atoms with Gasteiger partial charge in [-0.25, -0.2) is 5.10 Å². The molecule has 1 amide bonds. The van der Waals surface area contributed by atoms with Gasteiger partial charge >= 0.3 is 0 Å². The van der Waals surface area contributed by atoms with E-state index >= 15 is 0 Å². The third kappa shape index (κ3) is 3.47. The fraction of sp³-hybridized carbons (Fsp3) is 0.333. The van der Waals surface area contributed by atoms with Crippen LogP contribution in [-0.2, 0) is 0 Å². The van der Waals surface area contributed by atoms with Gasteiger partial charge in [-0.2, -0.15) is 5.10 Å². The van der Waals surface area contributed by atoms with Crippen molar-refractivity contribution in [3.05, 3.63) is 74.1 Å². The minimum absolute atomic E-state index is 0.0264. The number of fused-ring (bicyclic) bond motifs is 1. The van der Waals surface area contributed by atoms with Gasteiger partial charge in [0.25, 0.3) is 17.0 Å². The zero-order valence-corrected chi connectivity index (χ0v) is 15.6. The molecule has 1 aliphatic carbocycles. The number of benzene rings is 1. The first-order valence-corrected chi connectivity index (χ1v) is 9.51. The Morgan fingerprint density at radius 2 is 1.71 bits per heavy atom. The van der Waals surface area contributed by atoms with Crippen molar-refractivity contribution in [2.45, 2.75) is 44.6 Å². The van der Waals surface area contributed by atoms with Crippen molar-refractivity contribution >= 4 is 16.7 Å². The molecule has 2 aromatic heterocycles. The van der Waals surface area contributed by atoms with Crippen LogP contribution in [0.1, 0.15) is 53.3 Å². The van der Waals surface area contributed by atoms with Crippen molar-refractivity contribution in [2.75, 3.05) is 0 Å². The molecule has 28 heavy (non-hydrogen) atoms. The molecule has 0 radical (unpaired) electrons. The van der Waals surface area contributed by atoms with E-state index in [1.54, 1.807) is 19.1 Å². The summed E-state index contributed by atoms with van der Waals surface area (Å²) in [5, 5.41) is 11.4. The second-order valence-corrected chi connectivity index (χ2v) is 7.39. The molecular formula is C21H22N4O3. The Labute approximate surface area is 161 Å². The number of carbonyl (C=O) groups excluding carboxylic acids is 1. The fourth-order valence-corrected chi connectivity index (χ4v) is 3.97. The van der Waals surface area contributed by atoms with Crippen molar-refractivity contribution in [1.29, 1.82) is 0 Å². The van der Waals surface area contributed by atoms with E-state index in [2.05, 4.69) is 20.5 Å². The van der Waals surface area contributed by atoms with Gasteiger partial charge in [0.05, 0.1) is 11.1 Å². The molecule has 1 aliphatic rings. The van der Waals surface area contributed by atoms with Gasteiger partial charge in [0.15, 0.2) is 0 Å². The number of hydrogen-bond acceptors (Lipinski definition) is 4. The smallest absolute Gasteiger partial charge is 0.272 e. The molecule has 0 atom stereocenters. The number of aromatic amines is 2. The monoisotopic (exact) mass is 378 g/mol. The molecule has 1 saturated carbocycles. The summed E-state index contributed by atoms with van der Waals surface area (Å²) >= 11 is 0. The lowest BCUT2D eigenvalue weighted by atomic mass is 9.82. The second-order valence-electron chi connectivity index (χ2n) is 7.39. The van der Waals surface area contributed by atoms with Gasteiger partial charge in [-0.3, -0.25) is 14.4 Å². The van der Waals surface area contributed by atoms with Gasteiger partial charge < -0.3 is 10.3 Å². The average Bonchev–Trinajstić information content (AvgIpc) is 2.69. The summed E-state index contributed by atoms with van der Waals surface area (Å²) in [4.78, 5) is 39.0. The average molecular weight is 378 g/mol. The van der Waals surface area contributed by atoms with E-state index in [0.717, 1.165) is 42.5 Å². The summed E-state index contributed by atoms with van der Waals surface area (Å²) < 4.78 is 0. The van der Waals surface area contributed by atoms with E-state index in [0.29, 0.717) is 5.39 Å². The highest BCUT2D eigenvalue weighted by molar-refractivity contribution is 5.94. The molecule has 144 valence electrons. The molecule has 1 fully saturated rings. The maximum atomic E-state index is 12.4. The zero-order chi connectivity index (χ0) is 19.7. The van der Waals surface area contributed by atoms with Gasteiger partial charge in [-0.15, -0.1) is 0 Å². The highest BCUT2D eigenvalue weighted by Crippen LogP contribution is 2.34. The summed E-state index contributed by atoms with van der Waals surface area (Å²) in [6.07, 6.45) is 3.32. The Morgan fingerprint density at radius 3 is 2.43 bits per heavy atom. The SMILES string of the molecule is Cc1ccc(C(=O)NC2CCC(c3n[nH]c(=O)c4ccccc34)CC2)c(=O)[nH]1. The predicted octanol–water partition coefficient (Wildman–Crippen LogP) is 2.38. The van der Waals surface area contributed by atoms with Gasteiger partial charge in [-0.05, 0) is 50.8 Å². The molecule has 3 aromatic rings. The van der Waals surface area contributed by atoms with Crippen LogP contribution in [0.25, 0.3) is 10.8 Å². The number of nitrogens with one attached hydrogen (secondary N) is 3. The maximum absolute atomic E-state index is 12.4. The Bertz CT molecular complexity index is 1140. The normalized spacial score (nSPS) is 19.5. The van der Waals surface area contributed by atoms with E-state index in [9.17, 15) is 14.4 Å². The number of pyridine rings is 1. The molecule has 0 unspecified atom stereocenters. The van der Waals surface area contributed by atoms with Crippen molar-refractivity contribution in [3.8, 4) is 0 Å². The molecule has 0 bridgehead atoms. The molecule has 0 aliphatic heterocycles. The first-order chi connectivity index (χ1) is 13.5. The van der Waals surface area contributed by atoms with Gasteiger partial charge in [-0.1, -0.05) is 18.2 Å². The minimum atomic E-state index is -0.366. The van der Waals surface area contributed by atoms with Crippen LogP contribution in [0, 0.1) is 6.92 Å². The number of hydrogen-bond donors (Lipinski definition) is 3. The number of rotatable bonds is 3. The fourth-order valence-electron chi connectivity index (χ4n) is 3.97. The number of H-pyrrole nitrogens is 2. The van der Waals surface area contributed by atoms with E-state index in [1.807, 2.05) is 24.3 Å². The summed E-state index contributed by atoms with van der Waals surface area (Å²) in [5.74, 6) is -0.102.